The standard InChI is InChI=1S/C14H17FN2O3/c15-9-2-1-3-11(8-9)17-14(20)13(19)16-10-4-6-12(18)7-5-10/h1-3,8,10,12,18H,4-7H2,(H,16,19)(H,17,20). The topological polar surface area (TPSA) is 78.4 Å². The molecule has 0 heterocycles. The normalized spacial score (nSPS) is 22.1. The first-order chi connectivity index (χ1) is 9.54. The van der Waals surface area contributed by atoms with Crippen molar-refractivity contribution >= 4 is 17.5 Å². The van der Waals surface area contributed by atoms with Gasteiger partial charge < -0.3 is 15.7 Å². The number of carbonyl (C=O) groups excluding carboxylic acids is 2. The SMILES string of the molecule is O=C(Nc1cccc(F)c1)C(=O)NC1CCC(O)CC1. The minimum Gasteiger partial charge on any atom is -0.393 e. The van der Waals surface area contributed by atoms with Crippen LogP contribution in [0.4, 0.5) is 10.1 Å². The first kappa shape index (κ1) is 14.5. The van der Waals surface area contributed by atoms with Crippen LogP contribution >= 0.6 is 0 Å². The number of benzene rings is 1. The van der Waals surface area contributed by atoms with Crippen LogP contribution in [-0.4, -0.2) is 29.1 Å². The van der Waals surface area contributed by atoms with E-state index in [2.05, 4.69) is 10.6 Å². The molecule has 1 aliphatic rings. The van der Waals surface area contributed by atoms with Gasteiger partial charge in [0.2, 0.25) is 0 Å². The Morgan fingerprint density at radius 3 is 2.50 bits per heavy atom. The van der Waals surface area contributed by atoms with Gasteiger partial charge in [-0.2, -0.15) is 0 Å². The number of aliphatic hydroxyl groups is 1. The summed E-state index contributed by atoms with van der Waals surface area (Å²) in [6.07, 6.45) is 2.23. The highest BCUT2D eigenvalue weighted by Gasteiger charge is 2.23. The van der Waals surface area contributed by atoms with Crippen LogP contribution < -0.4 is 10.6 Å². The molecule has 5 nitrogen and oxygen atoms in total. The Bertz CT molecular complexity index is 499. The third-order valence-electron chi connectivity index (χ3n) is 3.32. The van der Waals surface area contributed by atoms with Crippen LogP contribution in [0.2, 0.25) is 0 Å². The second-order valence-corrected chi connectivity index (χ2v) is 4.94. The quantitative estimate of drug-likeness (QED) is 0.712. The molecule has 1 fully saturated rings. The van der Waals surface area contributed by atoms with Gasteiger partial charge in [-0.3, -0.25) is 9.59 Å². The van der Waals surface area contributed by atoms with Crippen molar-refractivity contribution in [1.82, 2.24) is 5.32 Å². The third-order valence-corrected chi connectivity index (χ3v) is 3.32. The fourth-order valence-corrected chi connectivity index (χ4v) is 2.23. The van der Waals surface area contributed by atoms with Gasteiger partial charge in [0.1, 0.15) is 5.82 Å². The van der Waals surface area contributed by atoms with Crippen molar-refractivity contribution in [3.63, 3.8) is 0 Å². The van der Waals surface area contributed by atoms with Crippen LogP contribution in [0.5, 0.6) is 0 Å². The molecule has 1 saturated carbocycles. The number of rotatable bonds is 2. The van der Waals surface area contributed by atoms with E-state index in [9.17, 15) is 19.1 Å². The molecule has 0 saturated heterocycles. The van der Waals surface area contributed by atoms with Gasteiger partial charge in [-0.1, -0.05) is 6.07 Å². The Morgan fingerprint density at radius 2 is 1.85 bits per heavy atom. The zero-order valence-electron chi connectivity index (χ0n) is 10.9. The Kier molecular flexibility index (Phi) is 4.68. The molecule has 0 atom stereocenters. The predicted octanol–water partition coefficient (Wildman–Crippen LogP) is 1.18. The van der Waals surface area contributed by atoms with E-state index >= 15 is 0 Å². The molecule has 108 valence electrons. The Balaban J connectivity index is 1.84. The van der Waals surface area contributed by atoms with Crippen molar-refractivity contribution in [3.8, 4) is 0 Å². The van der Waals surface area contributed by atoms with E-state index in [4.69, 9.17) is 0 Å². The van der Waals surface area contributed by atoms with Gasteiger partial charge >= 0.3 is 11.8 Å². The highest BCUT2D eigenvalue weighted by Crippen LogP contribution is 2.18. The first-order valence-electron chi connectivity index (χ1n) is 6.60. The average molecular weight is 280 g/mol. The van der Waals surface area contributed by atoms with Crippen molar-refractivity contribution in [2.24, 2.45) is 0 Å². The number of amides is 2. The lowest BCUT2D eigenvalue weighted by atomic mass is 9.93. The van der Waals surface area contributed by atoms with E-state index in [-0.39, 0.29) is 17.8 Å². The smallest absolute Gasteiger partial charge is 0.313 e. The second kappa shape index (κ2) is 6.47. The lowest BCUT2D eigenvalue weighted by Crippen LogP contribution is -2.43. The van der Waals surface area contributed by atoms with E-state index in [1.165, 1.54) is 18.2 Å². The number of anilines is 1. The van der Waals surface area contributed by atoms with E-state index < -0.39 is 17.6 Å². The van der Waals surface area contributed by atoms with Crippen LogP contribution in [-0.2, 0) is 9.59 Å². The maximum Gasteiger partial charge on any atom is 0.313 e. The Hall–Kier alpha value is -1.95. The molecule has 0 unspecified atom stereocenters. The molecule has 3 N–H and O–H groups in total. The van der Waals surface area contributed by atoms with Gasteiger partial charge in [-0.25, -0.2) is 4.39 Å². The summed E-state index contributed by atoms with van der Waals surface area (Å²) in [4.78, 5) is 23.4. The highest BCUT2D eigenvalue weighted by atomic mass is 19.1. The van der Waals surface area contributed by atoms with Gasteiger partial charge in [0.05, 0.1) is 6.10 Å². The molecule has 1 aliphatic carbocycles. The minimum absolute atomic E-state index is 0.0934. The summed E-state index contributed by atoms with van der Waals surface area (Å²) in [7, 11) is 0. The molecular formula is C14H17FN2O3. The maximum absolute atomic E-state index is 13.0. The van der Waals surface area contributed by atoms with Gasteiger partial charge in [0, 0.05) is 11.7 Å². The summed E-state index contributed by atoms with van der Waals surface area (Å²) < 4.78 is 13.0. The first-order valence-corrected chi connectivity index (χ1v) is 6.60. The van der Waals surface area contributed by atoms with Crippen LogP contribution in [0.25, 0.3) is 0 Å². The number of aliphatic hydroxyl groups excluding tert-OH is 1. The Labute approximate surface area is 116 Å². The number of nitrogens with one attached hydrogen (secondary N) is 2. The molecule has 20 heavy (non-hydrogen) atoms. The molecule has 2 amide bonds. The molecule has 0 aromatic heterocycles. The molecule has 2 rings (SSSR count). The maximum atomic E-state index is 13.0. The molecule has 0 spiro atoms. The zero-order chi connectivity index (χ0) is 14.5. The van der Waals surface area contributed by atoms with E-state index in [1.807, 2.05) is 0 Å². The van der Waals surface area contributed by atoms with Crippen LogP contribution in [0.15, 0.2) is 24.3 Å². The van der Waals surface area contributed by atoms with Crippen LogP contribution in [0, 0.1) is 5.82 Å². The molecule has 0 aliphatic heterocycles. The van der Waals surface area contributed by atoms with E-state index in [0.717, 1.165) is 6.07 Å². The second-order valence-electron chi connectivity index (χ2n) is 4.94. The van der Waals surface area contributed by atoms with Crippen molar-refractivity contribution in [2.75, 3.05) is 5.32 Å². The van der Waals surface area contributed by atoms with Crippen molar-refractivity contribution in [2.45, 2.75) is 37.8 Å². The van der Waals surface area contributed by atoms with Crippen LogP contribution in [0.3, 0.4) is 0 Å². The molecule has 6 heteroatoms. The summed E-state index contributed by atoms with van der Waals surface area (Å²) in [5, 5.41) is 14.3. The molecule has 0 bridgehead atoms. The molecule has 0 radical (unpaired) electrons. The number of carbonyl (C=O) groups is 2. The lowest BCUT2D eigenvalue weighted by molar-refractivity contribution is -0.136. The predicted molar refractivity (Wildman–Crippen MR) is 71.4 cm³/mol. The number of halogens is 1. The number of hydrogen-bond acceptors (Lipinski definition) is 3. The third kappa shape index (κ3) is 4.03. The fourth-order valence-electron chi connectivity index (χ4n) is 2.23. The zero-order valence-corrected chi connectivity index (χ0v) is 10.9. The molecular weight excluding hydrogens is 263 g/mol. The minimum atomic E-state index is -0.818. The van der Waals surface area contributed by atoms with Gasteiger partial charge in [-0.05, 0) is 43.9 Å². The average Bonchev–Trinajstić information content (AvgIpc) is 2.41. The summed E-state index contributed by atoms with van der Waals surface area (Å²) in [5.41, 5.74) is 0.240. The van der Waals surface area contributed by atoms with E-state index in [0.29, 0.717) is 25.7 Å². The van der Waals surface area contributed by atoms with Crippen molar-refractivity contribution in [1.29, 1.82) is 0 Å². The van der Waals surface area contributed by atoms with Gasteiger partial charge in [0.15, 0.2) is 0 Å². The van der Waals surface area contributed by atoms with Gasteiger partial charge in [0.25, 0.3) is 0 Å². The fraction of sp³-hybridized carbons (Fsp3) is 0.429. The summed E-state index contributed by atoms with van der Waals surface area (Å²) >= 11 is 0. The Morgan fingerprint density at radius 1 is 1.15 bits per heavy atom. The van der Waals surface area contributed by atoms with Gasteiger partial charge in [-0.15, -0.1) is 0 Å². The summed E-state index contributed by atoms with van der Waals surface area (Å²) in [6.45, 7) is 0. The van der Waals surface area contributed by atoms with Crippen molar-refractivity contribution in [3.05, 3.63) is 30.1 Å². The monoisotopic (exact) mass is 280 g/mol. The lowest BCUT2D eigenvalue weighted by Gasteiger charge is -2.25. The number of hydrogen-bond donors (Lipinski definition) is 3. The molecule has 1 aromatic carbocycles. The highest BCUT2D eigenvalue weighted by molar-refractivity contribution is 6.39. The van der Waals surface area contributed by atoms with Crippen molar-refractivity contribution < 1.29 is 19.1 Å². The van der Waals surface area contributed by atoms with E-state index in [1.54, 1.807) is 0 Å². The molecule has 1 aromatic rings. The summed E-state index contributed by atoms with van der Waals surface area (Å²) in [6, 6.07) is 5.26. The summed E-state index contributed by atoms with van der Waals surface area (Å²) in [5.74, 6) is -2.04. The largest absolute Gasteiger partial charge is 0.393 e. The van der Waals surface area contributed by atoms with Crippen LogP contribution in [0.1, 0.15) is 25.7 Å².